The molecule has 3 aromatic rings. The van der Waals surface area contributed by atoms with Gasteiger partial charge in [0.1, 0.15) is 0 Å². The Morgan fingerprint density at radius 2 is 1.82 bits per heavy atom. The minimum atomic E-state index is -4.41. The first-order valence-corrected chi connectivity index (χ1v) is 9.65. The van der Waals surface area contributed by atoms with Crippen LogP contribution in [0, 0.1) is 5.92 Å². The van der Waals surface area contributed by atoms with Crippen LogP contribution in [0.1, 0.15) is 48.5 Å². The number of aromatic nitrogens is 1. The zero-order chi connectivity index (χ0) is 19.9. The van der Waals surface area contributed by atoms with E-state index in [-0.39, 0.29) is 11.3 Å². The van der Waals surface area contributed by atoms with Crippen molar-refractivity contribution in [3.05, 3.63) is 59.8 Å². The van der Waals surface area contributed by atoms with Gasteiger partial charge in [0.15, 0.2) is 5.78 Å². The van der Waals surface area contributed by atoms with Crippen LogP contribution in [0.5, 0.6) is 0 Å². The maximum absolute atomic E-state index is 13.5. The normalized spacial score (nSPS) is 15.4. The van der Waals surface area contributed by atoms with Crippen LogP contribution in [0.15, 0.2) is 48.7 Å². The number of halogens is 3. The molecule has 0 unspecified atom stereocenters. The molecule has 1 saturated carbocycles. The molecule has 2 aromatic carbocycles. The number of Topliss-reactive ketones (excluding diaryl/α,β-unsaturated/α-hetero) is 1. The van der Waals surface area contributed by atoms with Gasteiger partial charge in [0.2, 0.25) is 0 Å². The van der Waals surface area contributed by atoms with Crippen LogP contribution in [-0.4, -0.2) is 10.4 Å². The molecule has 1 heterocycles. The predicted molar refractivity (Wildman–Crippen MR) is 104 cm³/mol. The van der Waals surface area contributed by atoms with Crippen LogP contribution in [0.2, 0.25) is 0 Å². The molecule has 0 aliphatic heterocycles. The van der Waals surface area contributed by atoms with E-state index in [4.69, 9.17) is 0 Å². The Labute approximate surface area is 162 Å². The fourth-order valence-corrected chi connectivity index (χ4v) is 4.34. The van der Waals surface area contributed by atoms with E-state index in [0.29, 0.717) is 17.0 Å². The Hall–Kier alpha value is -2.56. The fourth-order valence-electron chi connectivity index (χ4n) is 4.34. The molecule has 4 rings (SSSR count). The van der Waals surface area contributed by atoms with Crippen LogP contribution in [0.25, 0.3) is 22.0 Å². The monoisotopic (exact) mass is 385 g/mol. The number of fused-ring (bicyclic) bond motifs is 1. The fraction of sp³-hybridized carbons (Fsp3) is 0.348. The summed E-state index contributed by atoms with van der Waals surface area (Å²) in [5.41, 5.74) is 1.49. The number of hydrogen-bond acceptors (Lipinski definition) is 1. The van der Waals surface area contributed by atoms with Gasteiger partial charge in [-0.15, -0.1) is 0 Å². The van der Waals surface area contributed by atoms with Crippen LogP contribution in [0.4, 0.5) is 13.2 Å². The van der Waals surface area contributed by atoms with E-state index in [1.54, 1.807) is 24.3 Å². The minimum absolute atomic E-state index is 0.0291. The maximum Gasteiger partial charge on any atom is 0.417 e. The Bertz CT molecular complexity index is 1030. The number of benzene rings is 2. The molecule has 1 aromatic heterocycles. The Morgan fingerprint density at radius 3 is 2.50 bits per heavy atom. The zero-order valence-electron chi connectivity index (χ0n) is 15.7. The highest BCUT2D eigenvalue weighted by Crippen LogP contribution is 2.38. The molecule has 5 heteroatoms. The number of carbonyl (C=O) groups excluding carboxylic acids is 1. The summed E-state index contributed by atoms with van der Waals surface area (Å²) in [6.45, 7) is 2.33. The molecule has 146 valence electrons. The predicted octanol–water partition coefficient (Wildman–Crippen LogP) is 6.72. The van der Waals surface area contributed by atoms with Crippen molar-refractivity contribution >= 4 is 16.7 Å². The van der Waals surface area contributed by atoms with Crippen LogP contribution < -0.4 is 0 Å². The molecule has 0 radical (unpaired) electrons. The molecule has 0 atom stereocenters. The molecule has 2 nitrogen and oxygen atoms in total. The second-order valence-corrected chi connectivity index (χ2v) is 7.68. The van der Waals surface area contributed by atoms with Crippen molar-refractivity contribution in [2.75, 3.05) is 0 Å². The Balaban J connectivity index is 1.85. The second-order valence-electron chi connectivity index (χ2n) is 7.68. The third kappa shape index (κ3) is 3.46. The first-order valence-electron chi connectivity index (χ1n) is 9.65. The van der Waals surface area contributed by atoms with E-state index in [0.717, 1.165) is 36.4 Å². The summed E-state index contributed by atoms with van der Waals surface area (Å²) in [7, 11) is 0. The molecule has 0 spiro atoms. The molecule has 28 heavy (non-hydrogen) atoms. The zero-order valence-corrected chi connectivity index (χ0v) is 15.7. The van der Waals surface area contributed by atoms with Crippen LogP contribution in [-0.2, 0) is 12.7 Å². The van der Waals surface area contributed by atoms with E-state index in [2.05, 4.69) is 4.57 Å². The highest BCUT2D eigenvalue weighted by atomic mass is 19.4. The summed E-state index contributed by atoms with van der Waals surface area (Å²) in [6, 6.07) is 10.9. The first-order chi connectivity index (χ1) is 13.3. The number of alkyl halides is 3. The SMILES string of the molecule is CC(=O)c1cn(CC2CCCC2)c2cc(-c3ccccc3C(F)(F)F)ccc12. The van der Waals surface area contributed by atoms with Gasteiger partial charge < -0.3 is 4.57 Å². The first kappa shape index (κ1) is 18.8. The van der Waals surface area contributed by atoms with Gasteiger partial charge in [0.25, 0.3) is 0 Å². The lowest BCUT2D eigenvalue weighted by Crippen LogP contribution is -2.07. The summed E-state index contributed by atoms with van der Waals surface area (Å²) in [5.74, 6) is 0.528. The quantitative estimate of drug-likeness (QED) is 0.457. The number of ketones is 1. The summed E-state index contributed by atoms with van der Waals surface area (Å²) < 4.78 is 42.4. The van der Waals surface area contributed by atoms with Crippen molar-refractivity contribution in [1.29, 1.82) is 0 Å². The van der Waals surface area contributed by atoms with E-state index in [1.807, 2.05) is 6.20 Å². The van der Waals surface area contributed by atoms with Crippen molar-refractivity contribution < 1.29 is 18.0 Å². The van der Waals surface area contributed by atoms with Gasteiger partial charge >= 0.3 is 6.18 Å². The highest BCUT2D eigenvalue weighted by Gasteiger charge is 2.33. The summed E-state index contributed by atoms with van der Waals surface area (Å²) in [5, 5.41) is 0.804. The molecule has 1 fully saturated rings. The van der Waals surface area contributed by atoms with Crippen molar-refractivity contribution in [2.24, 2.45) is 5.92 Å². The maximum atomic E-state index is 13.5. The van der Waals surface area contributed by atoms with Crippen molar-refractivity contribution in [1.82, 2.24) is 4.57 Å². The lowest BCUT2D eigenvalue weighted by molar-refractivity contribution is -0.137. The molecule has 1 aliphatic rings. The number of nitrogens with zero attached hydrogens (tertiary/aromatic N) is 1. The lowest BCUT2D eigenvalue weighted by atomic mass is 9.97. The van der Waals surface area contributed by atoms with Gasteiger partial charge in [0, 0.05) is 29.2 Å². The average Bonchev–Trinajstić information content (AvgIpc) is 3.29. The topological polar surface area (TPSA) is 22.0 Å². The van der Waals surface area contributed by atoms with Crippen molar-refractivity contribution in [2.45, 2.75) is 45.3 Å². The molecule has 0 saturated heterocycles. The van der Waals surface area contributed by atoms with Gasteiger partial charge in [-0.1, -0.05) is 43.2 Å². The van der Waals surface area contributed by atoms with E-state index in [9.17, 15) is 18.0 Å². The standard InChI is InChI=1S/C23H22F3NO/c1-15(28)20-14-27(13-16-6-2-3-7-16)22-12-17(10-11-19(20)22)18-8-4-5-9-21(18)23(24,25)26/h4-5,8-12,14,16H,2-3,6-7,13H2,1H3. The van der Waals surface area contributed by atoms with Gasteiger partial charge in [-0.25, -0.2) is 0 Å². The van der Waals surface area contributed by atoms with Gasteiger partial charge in [-0.3, -0.25) is 4.79 Å². The van der Waals surface area contributed by atoms with Gasteiger partial charge in [-0.2, -0.15) is 13.2 Å². The smallest absolute Gasteiger partial charge is 0.346 e. The number of hydrogen-bond donors (Lipinski definition) is 0. The summed E-state index contributed by atoms with van der Waals surface area (Å²) >= 11 is 0. The molecule has 0 N–H and O–H groups in total. The number of rotatable bonds is 4. The third-order valence-electron chi connectivity index (χ3n) is 5.73. The van der Waals surface area contributed by atoms with E-state index >= 15 is 0 Å². The summed E-state index contributed by atoms with van der Waals surface area (Å²) in [6.07, 6.45) is 2.20. The van der Waals surface area contributed by atoms with Gasteiger partial charge in [0.05, 0.1) is 5.56 Å². The third-order valence-corrected chi connectivity index (χ3v) is 5.73. The van der Waals surface area contributed by atoms with Crippen LogP contribution >= 0.6 is 0 Å². The van der Waals surface area contributed by atoms with Crippen molar-refractivity contribution in [3.63, 3.8) is 0 Å². The van der Waals surface area contributed by atoms with Crippen LogP contribution in [0.3, 0.4) is 0 Å². The summed E-state index contributed by atoms with van der Waals surface area (Å²) in [4.78, 5) is 12.1. The largest absolute Gasteiger partial charge is 0.417 e. The van der Waals surface area contributed by atoms with E-state index in [1.165, 1.54) is 31.9 Å². The van der Waals surface area contributed by atoms with E-state index < -0.39 is 11.7 Å². The molecule has 1 aliphatic carbocycles. The Morgan fingerprint density at radius 1 is 1.11 bits per heavy atom. The average molecular weight is 385 g/mol. The lowest BCUT2D eigenvalue weighted by Gasteiger charge is -2.14. The number of carbonyl (C=O) groups is 1. The molecule has 0 bridgehead atoms. The minimum Gasteiger partial charge on any atom is -0.346 e. The highest BCUT2D eigenvalue weighted by molar-refractivity contribution is 6.07. The molecular formula is C23H22F3NO. The Kier molecular flexibility index (Phi) is 4.77. The second kappa shape index (κ2) is 7.12. The molecule has 0 amide bonds. The van der Waals surface area contributed by atoms with Crippen molar-refractivity contribution in [3.8, 4) is 11.1 Å². The molecular weight excluding hydrogens is 363 g/mol. The van der Waals surface area contributed by atoms with Gasteiger partial charge in [-0.05, 0) is 48.9 Å².